The second-order valence-electron chi connectivity index (χ2n) is 4.20. The monoisotopic (exact) mass is 285 g/mol. The van der Waals surface area contributed by atoms with Crippen LogP contribution in [0.15, 0.2) is 28.7 Å². The molecule has 1 aliphatic heterocycles. The van der Waals surface area contributed by atoms with E-state index in [0.29, 0.717) is 32.6 Å². The zero-order chi connectivity index (χ0) is 11.4. The molecule has 88 valence electrons. The van der Waals surface area contributed by atoms with Gasteiger partial charge in [-0.15, -0.1) is 0 Å². The summed E-state index contributed by atoms with van der Waals surface area (Å²) in [5.41, 5.74) is 0.411. The Bertz CT molecular complexity index is 333. The predicted molar refractivity (Wildman–Crippen MR) is 67.6 cm³/mol. The number of aliphatic hydroxyl groups is 1. The van der Waals surface area contributed by atoms with Crippen LogP contribution in [0.1, 0.15) is 12.8 Å². The molecule has 1 aromatic rings. The van der Waals surface area contributed by atoms with Gasteiger partial charge in [-0.3, -0.25) is 0 Å². The highest BCUT2D eigenvalue weighted by Gasteiger charge is 2.29. The first-order valence-electron chi connectivity index (χ1n) is 5.48. The fourth-order valence-electron chi connectivity index (χ4n) is 1.76. The van der Waals surface area contributed by atoms with E-state index in [2.05, 4.69) is 21.2 Å². The minimum absolute atomic E-state index is 0.581. The van der Waals surface area contributed by atoms with Gasteiger partial charge in [0.15, 0.2) is 0 Å². The number of anilines is 1. The second kappa shape index (κ2) is 5.17. The van der Waals surface area contributed by atoms with Gasteiger partial charge in [-0.05, 0) is 24.3 Å². The summed E-state index contributed by atoms with van der Waals surface area (Å²) in [5, 5.41) is 13.5. The maximum Gasteiger partial charge on any atom is 0.0863 e. The van der Waals surface area contributed by atoms with Gasteiger partial charge in [0.25, 0.3) is 0 Å². The molecule has 16 heavy (non-hydrogen) atoms. The van der Waals surface area contributed by atoms with E-state index in [-0.39, 0.29) is 0 Å². The van der Waals surface area contributed by atoms with Gasteiger partial charge in [0.05, 0.1) is 5.60 Å². The highest BCUT2D eigenvalue weighted by Crippen LogP contribution is 2.21. The van der Waals surface area contributed by atoms with Crippen LogP contribution in [0, 0.1) is 0 Å². The van der Waals surface area contributed by atoms with Gasteiger partial charge in [-0.1, -0.05) is 15.9 Å². The van der Waals surface area contributed by atoms with Crippen molar-refractivity contribution in [1.82, 2.24) is 0 Å². The molecule has 0 spiro atoms. The molecule has 0 unspecified atom stereocenters. The predicted octanol–water partition coefficient (Wildman–Crippen LogP) is 2.40. The normalized spacial score (nSPS) is 19.4. The Morgan fingerprint density at radius 1 is 1.25 bits per heavy atom. The Labute approximate surface area is 104 Å². The van der Waals surface area contributed by atoms with E-state index in [1.807, 2.05) is 24.3 Å². The Kier molecular flexibility index (Phi) is 3.84. The van der Waals surface area contributed by atoms with Crippen LogP contribution in [-0.4, -0.2) is 30.5 Å². The third kappa shape index (κ3) is 3.20. The summed E-state index contributed by atoms with van der Waals surface area (Å²) < 4.78 is 6.30. The van der Waals surface area contributed by atoms with E-state index in [1.54, 1.807) is 0 Å². The number of ether oxygens (including phenoxy) is 1. The van der Waals surface area contributed by atoms with E-state index in [4.69, 9.17) is 4.74 Å². The highest BCUT2D eigenvalue weighted by molar-refractivity contribution is 9.10. The summed E-state index contributed by atoms with van der Waals surface area (Å²) in [6, 6.07) is 7.95. The van der Waals surface area contributed by atoms with Crippen LogP contribution in [0.3, 0.4) is 0 Å². The zero-order valence-electron chi connectivity index (χ0n) is 9.08. The van der Waals surface area contributed by atoms with Crippen molar-refractivity contribution in [2.75, 3.05) is 25.1 Å². The highest BCUT2D eigenvalue weighted by atomic mass is 79.9. The molecular weight excluding hydrogens is 270 g/mol. The van der Waals surface area contributed by atoms with Gasteiger partial charge in [0.2, 0.25) is 0 Å². The van der Waals surface area contributed by atoms with Crippen LogP contribution >= 0.6 is 15.9 Å². The van der Waals surface area contributed by atoms with Gasteiger partial charge in [-0.2, -0.15) is 0 Å². The van der Waals surface area contributed by atoms with E-state index >= 15 is 0 Å². The smallest absolute Gasteiger partial charge is 0.0863 e. The lowest BCUT2D eigenvalue weighted by Gasteiger charge is -2.32. The second-order valence-corrected chi connectivity index (χ2v) is 5.11. The van der Waals surface area contributed by atoms with E-state index in [0.717, 1.165) is 10.2 Å². The number of hydrogen-bond donors (Lipinski definition) is 2. The van der Waals surface area contributed by atoms with Gasteiger partial charge in [-0.25, -0.2) is 0 Å². The lowest BCUT2D eigenvalue weighted by molar-refractivity contribution is -0.0543. The molecule has 1 aliphatic rings. The van der Waals surface area contributed by atoms with Gasteiger partial charge in [0.1, 0.15) is 0 Å². The average molecular weight is 286 g/mol. The number of rotatable bonds is 3. The molecule has 1 heterocycles. The standard InChI is InChI=1S/C12H16BrNO2/c13-10-1-3-11(4-2-10)14-9-12(15)5-7-16-8-6-12/h1-4,14-15H,5-9H2. The first-order chi connectivity index (χ1) is 7.68. The third-order valence-electron chi connectivity index (χ3n) is 2.89. The summed E-state index contributed by atoms with van der Waals surface area (Å²) in [6.45, 7) is 1.88. The Hall–Kier alpha value is -0.580. The van der Waals surface area contributed by atoms with Crippen molar-refractivity contribution < 1.29 is 9.84 Å². The molecule has 1 saturated heterocycles. The maximum absolute atomic E-state index is 10.2. The number of nitrogens with one attached hydrogen (secondary N) is 1. The first-order valence-corrected chi connectivity index (χ1v) is 6.27. The molecule has 0 saturated carbocycles. The molecule has 0 amide bonds. The fourth-order valence-corrected chi connectivity index (χ4v) is 2.03. The number of benzene rings is 1. The molecule has 2 N–H and O–H groups in total. The van der Waals surface area contributed by atoms with Crippen molar-refractivity contribution in [3.05, 3.63) is 28.7 Å². The quantitative estimate of drug-likeness (QED) is 0.896. The number of halogens is 1. The molecule has 0 aromatic heterocycles. The topological polar surface area (TPSA) is 41.5 Å². The Morgan fingerprint density at radius 2 is 1.88 bits per heavy atom. The summed E-state index contributed by atoms with van der Waals surface area (Å²) in [7, 11) is 0. The van der Waals surface area contributed by atoms with Crippen LogP contribution in [0.5, 0.6) is 0 Å². The number of hydrogen-bond acceptors (Lipinski definition) is 3. The van der Waals surface area contributed by atoms with Crippen LogP contribution in [0.4, 0.5) is 5.69 Å². The molecule has 4 heteroatoms. The summed E-state index contributed by atoms with van der Waals surface area (Å²) >= 11 is 3.39. The molecule has 1 fully saturated rings. The summed E-state index contributed by atoms with van der Waals surface area (Å²) in [5.74, 6) is 0. The maximum atomic E-state index is 10.2. The molecule has 0 radical (unpaired) electrons. The van der Waals surface area contributed by atoms with Gasteiger partial charge in [0, 0.05) is 42.8 Å². The SMILES string of the molecule is OC1(CNc2ccc(Br)cc2)CCOCC1. The van der Waals surface area contributed by atoms with Gasteiger partial charge < -0.3 is 15.2 Å². The molecule has 0 aliphatic carbocycles. The molecular formula is C12H16BrNO2. The molecule has 2 rings (SSSR count). The Morgan fingerprint density at radius 3 is 2.50 bits per heavy atom. The van der Waals surface area contributed by atoms with E-state index < -0.39 is 5.60 Å². The third-order valence-corrected chi connectivity index (χ3v) is 3.42. The molecule has 0 bridgehead atoms. The van der Waals surface area contributed by atoms with Crippen molar-refractivity contribution in [3.8, 4) is 0 Å². The van der Waals surface area contributed by atoms with Crippen molar-refractivity contribution in [2.24, 2.45) is 0 Å². The first kappa shape index (κ1) is 11.9. The zero-order valence-corrected chi connectivity index (χ0v) is 10.7. The van der Waals surface area contributed by atoms with Crippen LogP contribution < -0.4 is 5.32 Å². The fraction of sp³-hybridized carbons (Fsp3) is 0.500. The summed E-state index contributed by atoms with van der Waals surface area (Å²) in [4.78, 5) is 0. The van der Waals surface area contributed by atoms with Crippen LogP contribution in [0.2, 0.25) is 0 Å². The summed E-state index contributed by atoms with van der Waals surface area (Å²) in [6.07, 6.45) is 1.41. The van der Waals surface area contributed by atoms with E-state index in [9.17, 15) is 5.11 Å². The lowest BCUT2D eigenvalue weighted by atomic mass is 9.94. The molecule has 1 aromatic carbocycles. The van der Waals surface area contributed by atoms with Crippen molar-refractivity contribution in [1.29, 1.82) is 0 Å². The van der Waals surface area contributed by atoms with Crippen LogP contribution in [0.25, 0.3) is 0 Å². The minimum atomic E-state index is -0.620. The van der Waals surface area contributed by atoms with E-state index in [1.165, 1.54) is 0 Å². The van der Waals surface area contributed by atoms with Gasteiger partial charge >= 0.3 is 0 Å². The van der Waals surface area contributed by atoms with Crippen molar-refractivity contribution in [3.63, 3.8) is 0 Å². The Balaban J connectivity index is 1.88. The molecule has 0 atom stereocenters. The minimum Gasteiger partial charge on any atom is -0.388 e. The largest absolute Gasteiger partial charge is 0.388 e. The van der Waals surface area contributed by atoms with Crippen molar-refractivity contribution >= 4 is 21.6 Å². The molecule has 3 nitrogen and oxygen atoms in total. The van der Waals surface area contributed by atoms with Crippen LogP contribution in [-0.2, 0) is 4.74 Å². The van der Waals surface area contributed by atoms with Crippen molar-refractivity contribution in [2.45, 2.75) is 18.4 Å². The average Bonchev–Trinajstić information content (AvgIpc) is 2.29. The lowest BCUT2D eigenvalue weighted by Crippen LogP contribution is -2.42.